The van der Waals surface area contributed by atoms with E-state index < -0.39 is 11.6 Å². The van der Waals surface area contributed by atoms with Gasteiger partial charge < -0.3 is 15.3 Å². The molecule has 118 valence electrons. The second-order valence-corrected chi connectivity index (χ2v) is 5.26. The highest BCUT2D eigenvalue weighted by Gasteiger charge is 2.09. The number of anilines is 2. The molecule has 1 atom stereocenters. The number of aliphatic hydroxyl groups excluding tert-OH is 1. The Labute approximate surface area is 129 Å². The van der Waals surface area contributed by atoms with E-state index in [2.05, 4.69) is 5.32 Å². The van der Waals surface area contributed by atoms with Gasteiger partial charge in [-0.25, -0.2) is 8.78 Å². The van der Waals surface area contributed by atoms with Crippen molar-refractivity contribution < 1.29 is 13.9 Å². The lowest BCUT2D eigenvalue weighted by Gasteiger charge is -2.20. The van der Waals surface area contributed by atoms with E-state index in [1.807, 2.05) is 43.1 Å². The summed E-state index contributed by atoms with van der Waals surface area (Å²) in [6.45, 7) is 2.50. The third-order valence-corrected chi connectivity index (χ3v) is 3.51. The van der Waals surface area contributed by atoms with Crippen molar-refractivity contribution in [2.45, 2.75) is 13.0 Å². The van der Waals surface area contributed by atoms with Gasteiger partial charge in [0.25, 0.3) is 0 Å². The predicted octanol–water partition coefficient (Wildman–Crippen LogP) is 3.57. The minimum absolute atomic E-state index is 0.0959. The van der Waals surface area contributed by atoms with Crippen LogP contribution in [0.4, 0.5) is 20.2 Å². The fraction of sp³-hybridized carbons (Fsp3) is 0.294. The smallest absolute Gasteiger partial charge is 0.126 e. The second-order valence-electron chi connectivity index (χ2n) is 5.26. The molecule has 0 radical (unpaired) electrons. The monoisotopic (exact) mass is 306 g/mol. The average molecular weight is 306 g/mol. The largest absolute Gasteiger partial charge is 0.395 e. The van der Waals surface area contributed by atoms with E-state index in [0.29, 0.717) is 12.1 Å². The number of hydrogen-bond donors (Lipinski definition) is 2. The summed E-state index contributed by atoms with van der Waals surface area (Å²) in [4.78, 5) is 1.94. The summed E-state index contributed by atoms with van der Waals surface area (Å²) in [5.41, 5.74) is 2.40. The number of likely N-dealkylation sites (N-methyl/N-ethyl adjacent to an activating group) is 1. The molecule has 2 N–H and O–H groups in total. The summed E-state index contributed by atoms with van der Waals surface area (Å²) in [5, 5.41) is 12.1. The fourth-order valence-electron chi connectivity index (χ4n) is 2.25. The van der Waals surface area contributed by atoms with Gasteiger partial charge in [0.05, 0.1) is 6.61 Å². The highest BCUT2D eigenvalue weighted by Crippen LogP contribution is 2.23. The molecule has 0 aliphatic heterocycles. The lowest BCUT2D eigenvalue weighted by atomic mass is 10.1. The normalized spacial score (nSPS) is 12.0. The van der Waals surface area contributed by atoms with Crippen molar-refractivity contribution in [3.8, 4) is 0 Å². The van der Waals surface area contributed by atoms with Crippen LogP contribution >= 0.6 is 0 Å². The summed E-state index contributed by atoms with van der Waals surface area (Å²) < 4.78 is 26.5. The number of nitrogens with zero attached hydrogens (tertiary/aromatic N) is 1. The van der Waals surface area contributed by atoms with Crippen molar-refractivity contribution in [2.75, 3.05) is 30.4 Å². The standard InChI is InChI=1S/C17H20F2N2O/c1-12(13-9-14(18)11-15(19)10-13)20-16-3-5-17(6-4-16)21(2)7-8-22/h3-6,9-12,20,22H,7-8H2,1-2H3. The molecule has 0 amide bonds. The maximum absolute atomic E-state index is 13.2. The van der Waals surface area contributed by atoms with Crippen LogP contribution in [0.25, 0.3) is 0 Å². The lowest BCUT2D eigenvalue weighted by molar-refractivity contribution is 0.304. The number of benzene rings is 2. The van der Waals surface area contributed by atoms with Crippen molar-refractivity contribution in [1.29, 1.82) is 0 Å². The molecule has 0 spiro atoms. The van der Waals surface area contributed by atoms with Crippen LogP contribution in [0.3, 0.4) is 0 Å². The fourth-order valence-corrected chi connectivity index (χ4v) is 2.25. The van der Waals surface area contributed by atoms with Crippen LogP contribution in [-0.2, 0) is 0 Å². The topological polar surface area (TPSA) is 35.5 Å². The van der Waals surface area contributed by atoms with Gasteiger partial charge in [-0.3, -0.25) is 0 Å². The van der Waals surface area contributed by atoms with Crippen molar-refractivity contribution in [3.63, 3.8) is 0 Å². The molecule has 2 aromatic rings. The van der Waals surface area contributed by atoms with Gasteiger partial charge in [0.2, 0.25) is 0 Å². The summed E-state index contributed by atoms with van der Waals surface area (Å²) in [6, 6.07) is 10.9. The van der Waals surface area contributed by atoms with Crippen LogP contribution in [0, 0.1) is 11.6 Å². The highest BCUT2D eigenvalue weighted by molar-refractivity contribution is 5.55. The number of aliphatic hydroxyl groups is 1. The summed E-state index contributed by atoms with van der Waals surface area (Å²) in [6.07, 6.45) is 0. The van der Waals surface area contributed by atoms with Crippen LogP contribution in [-0.4, -0.2) is 25.3 Å². The van der Waals surface area contributed by atoms with E-state index in [1.165, 1.54) is 12.1 Å². The summed E-state index contributed by atoms with van der Waals surface area (Å²) in [7, 11) is 1.90. The molecule has 0 bridgehead atoms. The SMILES string of the molecule is CC(Nc1ccc(N(C)CCO)cc1)c1cc(F)cc(F)c1. The molecule has 0 aliphatic rings. The molecule has 0 fully saturated rings. The zero-order valence-corrected chi connectivity index (χ0v) is 12.7. The van der Waals surface area contributed by atoms with E-state index in [0.717, 1.165) is 17.4 Å². The van der Waals surface area contributed by atoms with Gasteiger partial charge in [-0.2, -0.15) is 0 Å². The Hall–Kier alpha value is -2.14. The van der Waals surface area contributed by atoms with Crippen molar-refractivity contribution in [3.05, 3.63) is 59.7 Å². The molecule has 5 heteroatoms. The van der Waals surface area contributed by atoms with Crippen LogP contribution in [0.2, 0.25) is 0 Å². The molecular formula is C17H20F2N2O. The maximum Gasteiger partial charge on any atom is 0.126 e. The Bertz CT molecular complexity index is 596. The molecule has 2 rings (SSSR count). The van der Waals surface area contributed by atoms with E-state index in [9.17, 15) is 8.78 Å². The van der Waals surface area contributed by atoms with Crippen molar-refractivity contribution >= 4 is 11.4 Å². The van der Waals surface area contributed by atoms with Gasteiger partial charge >= 0.3 is 0 Å². The molecule has 1 unspecified atom stereocenters. The van der Waals surface area contributed by atoms with Crippen LogP contribution in [0.15, 0.2) is 42.5 Å². The van der Waals surface area contributed by atoms with Crippen LogP contribution in [0.5, 0.6) is 0 Å². The number of nitrogens with one attached hydrogen (secondary N) is 1. The quantitative estimate of drug-likeness (QED) is 0.856. The summed E-state index contributed by atoms with van der Waals surface area (Å²) in [5.74, 6) is -1.16. The van der Waals surface area contributed by atoms with E-state index in [4.69, 9.17) is 5.11 Å². The Morgan fingerprint density at radius 2 is 1.68 bits per heavy atom. The third kappa shape index (κ3) is 4.18. The number of halogens is 2. The average Bonchev–Trinajstić information content (AvgIpc) is 2.47. The summed E-state index contributed by atoms with van der Waals surface area (Å²) >= 11 is 0. The first-order valence-corrected chi connectivity index (χ1v) is 7.14. The first-order valence-electron chi connectivity index (χ1n) is 7.14. The van der Waals surface area contributed by atoms with Crippen molar-refractivity contribution in [2.24, 2.45) is 0 Å². The minimum atomic E-state index is -0.579. The zero-order valence-electron chi connectivity index (χ0n) is 12.7. The maximum atomic E-state index is 13.2. The molecule has 3 nitrogen and oxygen atoms in total. The van der Waals surface area contributed by atoms with Crippen LogP contribution in [0.1, 0.15) is 18.5 Å². The van der Waals surface area contributed by atoms with E-state index in [-0.39, 0.29) is 12.6 Å². The van der Waals surface area contributed by atoms with Gasteiger partial charge in [0.15, 0.2) is 0 Å². The number of rotatable bonds is 6. The van der Waals surface area contributed by atoms with E-state index in [1.54, 1.807) is 0 Å². The molecule has 0 aromatic heterocycles. The van der Waals surface area contributed by atoms with Gasteiger partial charge in [-0.15, -0.1) is 0 Å². The Morgan fingerprint density at radius 3 is 2.23 bits per heavy atom. The molecule has 22 heavy (non-hydrogen) atoms. The van der Waals surface area contributed by atoms with Crippen molar-refractivity contribution in [1.82, 2.24) is 0 Å². The first-order chi connectivity index (χ1) is 10.5. The molecule has 2 aromatic carbocycles. The molecule has 0 saturated heterocycles. The molecular weight excluding hydrogens is 286 g/mol. The first kappa shape index (κ1) is 16.2. The third-order valence-electron chi connectivity index (χ3n) is 3.51. The Morgan fingerprint density at radius 1 is 1.09 bits per heavy atom. The number of hydrogen-bond acceptors (Lipinski definition) is 3. The molecule has 0 aliphatic carbocycles. The second kappa shape index (κ2) is 7.22. The predicted molar refractivity (Wildman–Crippen MR) is 85.2 cm³/mol. The van der Waals surface area contributed by atoms with Gasteiger partial charge in [-0.05, 0) is 48.9 Å². The van der Waals surface area contributed by atoms with Crippen LogP contribution < -0.4 is 10.2 Å². The molecule has 0 saturated carbocycles. The minimum Gasteiger partial charge on any atom is -0.395 e. The highest BCUT2D eigenvalue weighted by atomic mass is 19.1. The van der Waals surface area contributed by atoms with Gasteiger partial charge in [0, 0.05) is 37.1 Å². The van der Waals surface area contributed by atoms with Gasteiger partial charge in [-0.1, -0.05) is 0 Å². The lowest BCUT2D eigenvalue weighted by Crippen LogP contribution is -2.20. The molecule has 0 heterocycles. The van der Waals surface area contributed by atoms with E-state index >= 15 is 0 Å². The zero-order chi connectivity index (χ0) is 16.1. The Kier molecular flexibility index (Phi) is 5.33. The Balaban J connectivity index is 2.06. The van der Waals surface area contributed by atoms with Gasteiger partial charge in [0.1, 0.15) is 11.6 Å².